The first-order valence-electron chi connectivity index (χ1n) is 4.05. The quantitative estimate of drug-likeness (QED) is 0.645. The summed E-state index contributed by atoms with van der Waals surface area (Å²) in [6.07, 6.45) is 4.49. The molecule has 0 saturated carbocycles. The van der Waals surface area contributed by atoms with Gasteiger partial charge < -0.3 is 0 Å². The Labute approximate surface area is 67.7 Å². The molecular weight excluding hydrogens is 136 g/mol. The van der Waals surface area contributed by atoms with Crippen LogP contribution in [0.15, 0.2) is 12.4 Å². The van der Waals surface area contributed by atoms with Crippen LogP contribution >= 0.6 is 0 Å². The smallest absolute Gasteiger partial charge is 0.0643 e. The predicted molar refractivity (Wildman–Crippen MR) is 45.5 cm³/mol. The van der Waals surface area contributed by atoms with E-state index in [2.05, 4.69) is 30.7 Å². The van der Waals surface area contributed by atoms with Crippen LogP contribution in [0.2, 0.25) is 0 Å². The van der Waals surface area contributed by atoms with Gasteiger partial charge in [0, 0.05) is 12.4 Å². The summed E-state index contributed by atoms with van der Waals surface area (Å²) in [5.74, 6) is 0.485. The first-order chi connectivity index (χ1) is 5.25. The Balaban J connectivity index is 3.02. The van der Waals surface area contributed by atoms with E-state index in [1.165, 1.54) is 0 Å². The molecule has 1 heterocycles. The molecule has 0 bridgehead atoms. The lowest BCUT2D eigenvalue weighted by Gasteiger charge is -2.07. The second kappa shape index (κ2) is 3.46. The molecule has 0 unspecified atom stereocenters. The maximum Gasteiger partial charge on any atom is 0.0643 e. The van der Waals surface area contributed by atoms with Crippen LogP contribution in [-0.4, -0.2) is 9.97 Å². The van der Waals surface area contributed by atoms with Crippen LogP contribution < -0.4 is 0 Å². The van der Waals surface area contributed by atoms with Crippen LogP contribution in [0, 0.1) is 0 Å². The van der Waals surface area contributed by atoms with Crippen LogP contribution in [0.25, 0.3) is 0 Å². The van der Waals surface area contributed by atoms with Gasteiger partial charge in [-0.15, -0.1) is 0 Å². The Kier molecular flexibility index (Phi) is 2.58. The molecule has 0 aromatic carbocycles. The number of aryl methyl sites for hydroxylation is 1. The molecule has 11 heavy (non-hydrogen) atoms. The molecule has 0 fully saturated rings. The molecule has 60 valence electrons. The van der Waals surface area contributed by atoms with Crippen molar-refractivity contribution in [1.29, 1.82) is 0 Å². The van der Waals surface area contributed by atoms with Crippen LogP contribution in [-0.2, 0) is 6.42 Å². The second-order valence-corrected chi connectivity index (χ2v) is 2.90. The van der Waals surface area contributed by atoms with Crippen LogP contribution in [0.5, 0.6) is 0 Å². The van der Waals surface area contributed by atoms with Crippen molar-refractivity contribution in [2.24, 2.45) is 0 Å². The maximum absolute atomic E-state index is 4.29. The fraction of sp³-hybridized carbons (Fsp3) is 0.556. The molecule has 0 spiro atoms. The highest BCUT2D eigenvalue weighted by Gasteiger charge is 2.05. The van der Waals surface area contributed by atoms with Gasteiger partial charge in [0.2, 0.25) is 0 Å². The molecule has 1 aromatic rings. The fourth-order valence-corrected chi connectivity index (χ4v) is 1.13. The minimum atomic E-state index is 0.485. The Hall–Kier alpha value is -0.920. The highest BCUT2D eigenvalue weighted by Crippen LogP contribution is 2.13. The van der Waals surface area contributed by atoms with Crippen molar-refractivity contribution in [2.45, 2.75) is 33.1 Å². The summed E-state index contributed by atoms with van der Waals surface area (Å²) in [4.78, 5) is 8.54. The third-order valence-electron chi connectivity index (χ3n) is 1.69. The SMILES string of the molecule is CCc1nccnc1C(C)C. The zero-order valence-electron chi connectivity index (χ0n) is 7.33. The number of nitrogens with zero attached hydrogens (tertiary/aromatic N) is 2. The van der Waals surface area contributed by atoms with Crippen molar-refractivity contribution in [1.82, 2.24) is 9.97 Å². The van der Waals surface area contributed by atoms with E-state index in [0.29, 0.717) is 5.92 Å². The van der Waals surface area contributed by atoms with Crippen LogP contribution in [0.1, 0.15) is 38.1 Å². The van der Waals surface area contributed by atoms with E-state index in [1.807, 2.05) is 0 Å². The van der Waals surface area contributed by atoms with Gasteiger partial charge in [0.25, 0.3) is 0 Å². The number of hydrogen-bond donors (Lipinski definition) is 0. The molecule has 2 nitrogen and oxygen atoms in total. The Morgan fingerprint density at radius 2 is 1.91 bits per heavy atom. The van der Waals surface area contributed by atoms with Gasteiger partial charge >= 0.3 is 0 Å². The first kappa shape index (κ1) is 8.18. The van der Waals surface area contributed by atoms with E-state index in [-0.39, 0.29) is 0 Å². The fourth-order valence-electron chi connectivity index (χ4n) is 1.13. The summed E-state index contributed by atoms with van der Waals surface area (Å²) in [5.41, 5.74) is 2.26. The third kappa shape index (κ3) is 1.76. The van der Waals surface area contributed by atoms with Crippen molar-refractivity contribution in [3.05, 3.63) is 23.8 Å². The highest BCUT2D eigenvalue weighted by molar-refractivity contribution is 5.13. The van der Waals surface area contributed by atoms with E-state index >= 15 is 0 Å². The zero-order valence-corrected chi connectivity index (χ0v) is 7.33. The van der Waals surface area contributed by atoms with Gasteiger partial charge in [0.05, 0.1) is 11.4 Å². The number of hydrogen-bond acceptors (Lipinski definition) is 2. The van der Waals surface area contributed by atoms with Gasteiger partial charge in [-0.3, -0.25) is 9.97 Å². The van der Waals surface area contributed by atoms with Crippen LogP contribution in [0.3, 0.4) is 0 Å². The van der Waals surface area contributed by atoms with E-state index in [9.17, 15) is 0 Å². The molecule has 0 amide bonds. The maximum atomic E-state index is 4.29. The molecule has 1 rings (SSSR count). The van der Waals surface area contributed by atoms with Gasteiger partial charge in [-0.25, -0.2) is 0 Å². The topological polar surface area (TPSA) is 25.8 Å². The van der Waals surface area contributed by atoms with Gasteiger partial charge in [-0.2, -0.15) is 0 Å². The van der Waals surface area contributed by atoms with Gasteiger partial charge in [-0.1, -0.05) is 20.8 Å². The lowest BCUT2D eigenvalue weighted by Crippen LogP contribution is -2.00. The van der Waals surface area contributed by atoms with Crippen molar-refractivity contribution in [3.8, 4) is 0 Å². The van der Waals surface area contributed by atoms with Crippen molar-refractivity contribution >= 4 is 0 Å². The van der Waals surface area contributed by atoms with E-state index in [4.69, 9.17) is 0 Å². The summed E-state index contributed by atoms with van der Waals surface area (Å²) in [7, 11) is 0. The first-order valence-corrected chi connectivity index (χ1v) is 4.05. The van der Waals surface area contributed by atoms with Gasteiger partial charge in [0.15, 0.2) is 0 Å². The number of rotatable bonds is 2. The molecule has 0 saturated heterocycles. The summed E-state index contributed by atoms with van der Waals surface area (Å²) < 4.78 is 0. The predicted octanol–water partition coefficient (Wildman–Crippen LogP) is 2.16. The van der Waals surface area contributed by atoms with Crippen molar-refractivity contribution in [2.75, 3.05) is 0 Å². The Morgan fingerprint density at radius 3 is 2.36 bits per heavy atom. The number of aromatic nitrogens is 2. The molecule has 0 aliphatic rings. The largest absolute Gasteiger partial charge is 0.258 e. The average molecular weight is 150 g/mol. The van der Waals surface area contributed by atoms with Crippen molar-refractivity contribution < 1.29 is 0 Å². The summed E-state index contributed by atoms with van der Waals surface area (Å²) in [6.45, 7) is 6.39. The molecule has 0 N–H and O–H groups in total. The average Bonchev–Trinajstić information content (AvgIpc) is 2.04. The summed E-state index contributed by atoms with van der Waals surface area (Å²) in [5, 5.41) is 0. The van der Waals surface area contributed by atoms with E-state index in [0.717, 1.165) is 17.8 Å². The standard InChI is InChI=1S/C9H14N2/c1-4-8-9(7(2)3)11-6-5-10-8/h5-7H,4H2,1-3H3. The normalized spacial score (nSPS) is 10.5. The molecule has 0 atom stereocenters. The minimum absolute atomic E-state index is 0.485. The molecular formula is C9H14N2. The Morgan fingerprint density at radius 1 is 1.27 bits per heavy atom. The molecule has 0 radical (unpaired) electrons. The van der Waals surface area contributed by atoms with Gasteiger partial charge in [0.1, 0.15) is 0 Å². The van der Waals surface area contributed by atoms with E-state index < -0.39 is 0 Å². The molecule has 2 heteroatoms. The molecule has 1 aromatic heterocycles. The second-order valence-electron chi connectivity index (χ2n) is 2.90. The lowest BCUT2D eigenvalue weighted by atomic mass is 10.1. The van der Waals surface area contributed by atoms with Crippen molar-refractivity contribution in [3.63, 3.8) is 0 Å². The minimum Gasteiger partial charge on any atom is -0.258 e. The van der Waals surface area contributed by atoms with Crippen LogP contribution in [0.4, 0.5) is 0 Å². The highest BCUT2D eigenvalue weighted by atomic mass is 14.8. The summed E-state index contributed by atoms with van der Waals surface area (Å²) in [6, 6.07) is 0. The molecule has 0 aliphatic heterocycles. The van der Waals surface area contributed by atoms with Gasteiger partial charge in [-0.05, 0) is 12.3 Å². The lowest BCUT2D eigenvalue weighted by molar-refractivity contribution is 0.778. The zero-order chi connectivity index (χ0) is 8.27. The molecule has 0 aliphatic carbocycles. The summed E-state index contributed by atoms with van der Waals surface area (Å²) >= 11 is 0. The van der Waals surface area contributed by atoms with E-state index in [1.54, 1.807) is 12.4 Å². The Bertz CT molecular complexity index is 231. The monoisotopic (exact) mass is 150 g/mol. The third-order valence-corrected chi connectivity index (χ3v) is 1.69.